The molecule has 0 fully saturated rings. The molecule has 2 aromatic heterocycles. The van der Waals surface area contributed by atoms with E-state index in [2.05, 4.69) is 19.8 Å². The molecule has 27 heavy (non-hydrogen) atoms. The van der Waals surface area contributed by atoms with Crippen molar-refractivity contribution in [2.24, 2.45) is 0 Å². The lowest BCUT2D eigenvalue weighted by atomic mass is 10.2. The number of aromatic nitrogens is 2. The van der Waals surface area contributed by atoms with Crippen molar-refractivity contribution in [3.63, 3.8) is 0 Å². The minimum atomic E-state index is -1.14. The highest BCUT2D eigenvalue weighted by atomic mass is 32.1. The SMILES string of the molecule is COC(=O)CC(NC(=O)c1csc2nc(-c3ccccc3)cn12)C(=O)OC. The van der Waals surface area contributed by atoms with Crippen molar-refractivity contribution in [2.75, 3.05) is 14.2 Å². The molecule has 1 unspecified atom stereocenters. The highest BCUT2D eigenvalue weighted by molar-refractivity contribution is 7.15. The summed E-state index contributed by atoms with van der Waals surface area (Å²) in [6, 6.07) is 8.44. The molecule has 3 aromatic rings. The maximum Gasteiger partial charge on any atom is 0.328 e. The molecule has 0 bridgehead atoms. The molecular weight excluding hydrogens is 370 g/mol. The van der Waals surface area contributed by atoms with Crippen molar-refractivity contribution in [3.8, 4) is 11.3 Å². The molecule has 2 heterocycles. The highest BCUT2D eigenvalue weighted by Crippen LogP contribution is 2.23. The van der Waals surface area contributed by atoms with E-state index in [-0.39, 0.29) is 6.42 Å². The molecule has 3 rings (SSSR count). The van der Waals surface area contributed by atoms with Gasteiger partial charge in [-0.15, -0.1) is 11.3 Å². The lowest BCUT2D eigenvalue weighted by Crippen LogP contribution is -2.43. The minimum absolute atomic E-state index is 0.309. The molecule has 0 radical (unpaired) electrons. The number of ether oxygens (including phenoxy) is 2. The minimum Gasteiger partial charge on any atom is -0.469 e. The molecule has 1 N–H and O–H groups in total. The van der Waals surface area contributed by atoms with Crippen molar-refractivity contribution < 1.29 is 23.9 Å². The number of hydrogen-bond acceptors (Lipinski definition) is 7. The largest absolute Gasteiger partial charge is 0.469 e. The number of benzene rings is 1. The molecule has 0 spiro atoms. The van der Waals surface area contributed by atoms with Gasteiger partial charge in [-0.05, 0) is 0 Å². The summed E-state index contributed by atoms with van der Waals surface area (Å²) in [5.41, 5.74) is 1.97. The van der Waals surface area contributed by atoms with Crippen LogP contribution in [0.15, 0.2) is 41.9 Å². The second-order valence-electron chi connectivity index (χ2n) is 5.60. The van der Waals surface area contributed by atoms with Crippen molar-refractivity contribution in [2.45, 2.75) is 12.5 Å². The summed E-state index contributed by atoms with van der Waals surface area (Å²) in [6.45, 7) is 0. The van der Waals surface area contributed by atoms with Gasteiger partial charge in [-0.2, -0.15) is 0 Å². The summed E-state index contributed by atoms with van der Waals surface area (Å²) >= 11 is 1.30. The summed E-state index contributed by atoms with van der Waals surface area (Å²) in [7, 11) is 2.39. The van der Waals surface area contributed by atoms with Crippen LogP contribution in [0.4, 0.5) is 0 Å². The highest BCUT2D eigenvalue weighted by Gasteiger charge is 2.27. The fourth-order valence-corrected chi connectivity index (χ4v) is 3.37. The number of nitrogens with one attached hydrogen (secondary N) is 1. The van der Waals surface area contributed by atoms with Crippen LogP contribution in [0, 0.1) is 0 Å². The number of carbonyl (C=O) groups is 3. The van der Waals surface area contributed by atoms with Gasteiger partial charge >= 0.3 is 11.9 Å². The Kier molecular flexibility index (Phi) is 5.51. The maximum atomic E-state index is 12.7. The van der Waals surface area contributed by atoms with Gasteiger partial charge in [0.25, 0.3) is 5.91 Å². The predicted molar refractivity (Wildman–Crippen MR) is 98.4 cm³/mol. The Morgan fingerprint density at radius 3 is 2.59 bits per heavy atom. The van der Waals surface area contributed by atoms with E-state index in [0.717, 1.165) is 11.3 Å². The number of fused-ring (bicyclic) bond motifs is 1. The number of nitrogens with zero attached hydrogens (tertiary/aromatic N) is 2. The number of esters is 2. The van der Waals surface area contributed by atoms with E-state index in [9.17, 15) is 14.4 Å². The number of thiazole rings is 1. The number of rotatable bonds is 6. The number of amides is 1. The summed E-state index contributed by atoms with van der Waals surface area (Å²) in [6.07, 6.45) is 1.44. The summed E-state index contributed by atoms with van der Waals surface area (Å²) < 4.78 is 10.9. The smallest absolute Gasteiger partial charge is 0.328 e. The molecular formula is C18H17N3O5S. The predicted octanol–water partition coefficient (Wildman–Crippen LogP) is 1.90. The third-order valence-corrected chi connectivity index (χ3v) is 4.74. The summed E-state index contributed by atoms with van der Waals surface area (Å²) in [5, 5.41) is 4.16. The number of imidazole rings is 1. The number of carbonyl (C=O) groups excluding carboxylic acids is 3. The van der Waals surface area contributed by atoms with Gasteiger partial charge in [-0.3, -0.25) is 14.0 Å². The average Bonchev–Trinajstić information content (AvgIpc) is 3.28. The third kappa shape index (κ3) is 3.98. The van der Waals surface area contributed by atoms with E-state index in [1.807, 2.05) is 30.3 Å². The lowest BCUT2D eigenvalue weighted by Gasteiger charge is -2.15. The molecule has 1 atom stereocenters. The van der Waals surface area contributed by atoms with Crippen LogP contribution < -0.4 is 5.32 Å². The number of hydrogen-bond donors (Lipinski definition) is 1. The van der Waals surface area contributed by atoms with E-state index < -0.39 is 23.9 Å². The first-order chi connectivity index (χ1) is 13.0. The van der Waals surface area contributed by atoms with Crippen molar-refractivity contribution in [1.82, 2.24) is 14.7 Å². The standard InChI is InChI=1S/C18H17N3O5S/c1-25-15(22)8-12(17(24)26-2)19-16(23)14-10-27-18-20-13(9-21(14)18)11-6-4-3-5-7-11/h3-7,9-10,12H,8H2,1-2H3,(H,19,23). The summed E-state index contributed by atoms with van der Waals surface area (Å²) in [5.74, 6) is -1.87. The monoisotopic (exact) mass is 387 g/mol. The van der Waals surface area contributed by atoms with Crippen LogP contribution in [-0.4, -0.2) is 47.5 Å². The Morgan fingerprint density at radius 1 is 1.19 bits per heavy atom. The van der Waals surface area contributed by atoms with E-state index in [1.165, 1.54) is 25.6 Å². The number of methoxy groups -OCH3 is 2. The van der Waals surface area contributed by atoms with Gasteiger partial charge in [-0.1, -0.05) is 30.3 Å². The van der Waals surface area contributed by atoms with E-state index >= 15 is 0 Å². The van der Waals surface area contributed by atoms with Crippen molar-refractivity contribution >= 4 is 34.1 Å². The lowest BCUT2D eigenvalue weighted by molar-refractivity contribution is -0.149. The Balaban J connectivity index is 1.85. The van der Waals surface area contributed by atoms with Crippen LogP contribution in [0.2, 0.25) is 0 Å². The molecule has 0 saturated heterocycles. The molecule has 0 aliphatic rings. The Bertz CT molecular complexity index is 979. The van der Waals surface area contributed by atoms with Gasteiger partial charge in [0.1, 0.15) is 11.7 Å². The molecule has 140 valence electrons. The van der Waals surface area contributed by atoms with Gasteiger partial charge in [0, 0.05) is 17.1 Å². The molecule has 8 nitrogen and oxygen atoms in total. The fourth-order valence-electron chi connectivity index (χ4n) is 2.51. The Hall–Kier alpha value is -3.20. The van der Waals surface area contributed by atoms with Gasteiger partial charge < -0.3 is 14.8 Å². The first-order valence-corrected chi connectivity index (χ1v) is 8.89. The Labute approximate surface area is 158 Å². The first kappa shape index (κ1) is 18.6. The molecule has 0 aliphatic heterocycles. The van der Waals surface area contributed by atoms with Crippen LogP contribution in [0.25, 0.3) is 16.2 Å². The zero-order chi connectivity index (χ0) is 19.4. The van der Waals surface area contributed by atoms with Gasteiger partial charge in [0.2, 0.25) is 0 Å². The Morgan fingerprint density at radius 2 is 1.93 bits per heavy atom. The van der Waals surface area contributed by atoms with Crippen molar-refractivity contribution in [3.05, 3.63) is 47.6 Å². The molecule has 9 heteroatoms. The quantitative estimate of drug-likeness (QED) is 0.649. The van der Waals surface area contributed by atoms with Crippen LogP contribution in [0.3, 0.4) is 0 Å². The summed E-state index contributed by atoms with van der Waals surface area (Å²) in [4.78, 5) is 41.2. The molecule has 1 aromatic carbocycles. The van der Waals surface area contributed by atoms with Gasteiger partial charge in [-0.25, -0.2) is 9.78 Å². The van der Waals surface area contributed by atoms with Crippen LogP contribution in [0.1, 0.15) is 16.9 Å². The first-order valence-electron chi connectivity index (χ1n) is 8.01. The van der Waals surface area contributed by atoms with Crippen LogP contribution in [0.5, 0.6) is 0 Å². The zero-order valence-electron chi connectivity index (χ0n) is 14.7. The molecule has 1 amide bonds. The van der Waals surface area contributed by atoms with Crippen LogP contribution >= 0.6 is 11.3 Å². The normalized spacial score (nSPS) is 11.8. The van der Waals surface area contributed by atoms with E-state index in [1.54, 1.807) is 16.0 Å². The zero-order valence-corrected chi connectivity index (χ0v) is 15.5. The third-order valence-electron chi connectivity index (χ3n) is 3.90. The van der Waals surface area contributed by atoms with Crippen LogP contribution in [-0.2, 0) is 19.1 Å². The topological polar surface area (TPSA) is 99.0 Å². The average molecular weight is 387 g/mol. The fraction of sp³-hybridized carbons (Fsp3) is 0.222. The second kappa shape index (κ2) is 8.00. The van der Waals surface area contributed by atoms with E-state index in [0.29, 0.717) is 10.7 Å². The second-order valence-corrected chi connectivity index (χ2v) is 6.43. The molecule has 0 aliphatic carbocycles. The maximum absolute atomic E-state index is 12.7. The van der Waals surface area contributed by atoms with E-state index in [4.69, 9.17) is 0 Å². The van der Waals surface area contributed by atoms with Crippen molar-refractivity contribution in [1.29, 1.82) is 0 Å². The van der Waals surface area contributed by atoms with Gasteiger partial charge in [0.05, 0.1) is 26.3 Å². The molecule has 0 saturated carbocycles. The van der Waals surface area contributed by atoms with Gasteiger partial charge in [0.15, 0.2) is 4.96 Å².